The van der Waals surface area contributed by atoms with Gasteiger partial charge in [0.05, 0.1) is 13.2 Å². The van der Waals surface area contributed by atoms with Crippen LogP contribution < -0.4 is 0 Å². The van der Waals surface area contributed by atoms with Crippen LogP contribution in [0.5, 0.6) is 0 Å². The molecule has 0 heterocycles. The van der Waals surface area contributed by atoms with E-state index < -0.39 is 19.9 Å². The van der Waals surface area contributed by atoms with Gasteiger partial charge in [-0.1, -0.05) is 84.4 Å². The molecular formula is C23H34F2OSi. The Balaban J connectivity index is 3.08. The van der Waals surface area contributed by atoms with Crippen LogP contribution in [0.15, 0.2) is 43.0 Å². The van der Waals surface area contributed by atoms with Crippen LogP contribution in [0.4, 0.5) is 8.78 Å². The topological polar surface area (TPSA) is 9.23 Å². The van der Waals surface area contributed by atoms with Crippen LogP contribution >= 0.6 is 0 Å². The first-order valence-electron chi connectivity index (χ1n) is 9.73. The van der Waals surface area contributed by atoms with E-state index in [4.69, 9.17) is 4.74 Å². The summed E-state index contributed by atoms with van der Waals surface area (Å²) in [6, 6.07) is 9.56. The summed E-state index contributed by atoms with van der Waals surface area (Å²) in [4.78, 5) is 0. The summed E-state index contributed by atoms with van der Waals surface area (Å²) in [5.74, 6) is -1.31. The number of ether oxygens (including phenoxy) is 1. The highest BCUT2D eigenvalue weighted by Crippen LogP contribution is 2.41. The molecule has 0 aliphatic rings. The Morgan fingerprint density at radius 2 is 1.56 bits per heavy atom. The van der Waals surface area contributed by atoms with Gasteiger partial charge in [0.1, 0.15) is 14.0 Å². The Morgan fingerprint density at radius 3 is 2.00 bits per heavy atom. The number of rotatable bonds is 9. The molecule has 150 valence electrons. The molecule has 0 saturated heterocycles. The first kappa shape index (κ1) is 23.6. The van der Waals surface area contributed by atoms with Crippen LogP contribution in [0.25, 0.3) is 0 Å². The van der Waals surface area contributed by atoms with Crippen molar-refractivity contribution in [3.05, 3.63) is 48.6 Å². The molecule has 0 saturated carbocycles. The number of halogens is 2. The molecule has 0 aromatic heterocycles. The van der Waals surface area contributed by atoms with Gasteiger partial charge in [-0.2, -0.15) is 0 Å². The molecule has 0 aliphatic carbocycles. The number of hydrogen-bond donors (Lipinski definition) is 0. The van der Waals surface area contributed by atoms with Crippen molar-refractivity contribution in [2.75, 3.05) is 6.61 Å². The number of allylic oxidation sites excluding steroid dienone is 1. The lowest BCUT2D eigenvalue weighted by Crippen LogP contribution is -2.43. The normalized spacial score (nSPS) is 13.6. The molecular weight excluding hydrogens is 358 g/mol. The van der Waals surface area contributed by atoms with Gasteiger partial charge in [0.25, 0.3) is 5.92 Å². The number of benzene rings is 1. The van der Waals surface area contributed by atoms with E-state index in [1.165, 1.54) is 0 Å². The third-order valence-corrected chi connectivity index (χ3v) is 11.8. The molecule has 0 aliphatic heterocycles. The fourth-order valence-electron chi connectivity index (χ4n) is 3.91. The van der Waals surface area contributed by atoms with Crippen LogP contribution in [0.1, 0.15) is 47.1 Å². The standard InChI is InChI=1S/C23H34F2OSi/c1-8-23(24,25)22(17-26-16-21-12-10-9-11-13-21)14-15-27(18(2)3,19(4)5)20(6)7/h8-13,18-20,22H,1,16-17H2,2-7H3. The van der Waals surface area contributed by atoms with Crippen LogP contribution in [-0.2, 0) is 11.3 Å². The fraction of sp³-hybridized carbons (Fsp3) is 0.565. The van der Waals surface area contributed by atoms with Crippen LogP contribution in [0, 0.1) is 17.4 Å². The molecule has 0 bridgehead atoms. The van der Waals surface area contributed by atoms with E-state index in [1.54, 1.807) is 0 Å². The average molecular weight is 393 g/mol. The van der Waals surface area contributed by atoms with E-state index in [-0.39, 0.29) is 6.61 Å². The SMILES string of the molecule is C=CC(F)(F)C(C#C[Si](C(C)C)(C(C)C)C(C)C)COCc1ccccc1. The minimum Gasteiger partial charge on any atom is -0.375 e. The summed E-state index contributed by atoms with van der Waals surface area (Å²) >= 11 is 0. The maximum atomic E-state index is 14.4. The first-order valence-corrected chi connectivity index (χ1v) is 12.0. The number of hydrogen-bond acceptors (Lipinski definition) is 1. The highest BCUT2D eigenvalue weighted by Gasteiger charge is 2.43. The molecule has 27 heavy (non-hydrogen) atoms. The monoisotopic (exact) mass is 392 g/mol. The summed E-state index contributed by atoms with van der Waals surface area (Å²) in [6.07, 6.45) is 0.696. The van der Waals surface area contributed by atoms with Crippen LogP contribution in [0.2, 0.25) is 16.6 Å². The maximum absolute atomic E-state index is 14.4. The van der Waals surface area contributed by atoms with Crippen molar-refractivity contribution in [1.29, 1.82) is 0 Å². The second kappa shape index (κ2) is 10.2. The van der Waals surface area contributed by atoms with Gasteiger partial charge in [0, 0.05) is 0 Å². The molecule has 1 atom stereocenters. The Bertz CT molecular complexity index is 620. The highest BCUT2D eigenvalue weighted by molar-refractivity contribution is 6.90. The molecule has 0 fully saturated rings. The average Bonchev–Trinajstić information content (AvgIpc) is 2.60. The van der Waals surface area contributed by atoms with Gasteiger partial charge in [0.15, 0.2) is 0 Å². The molecule has 0 N–H and O–H groups in total. The first-order chi connectivity index (χ1) is 12.6. The maximum Gasteiger partial charge on any atom is 0.281 e. The minimum atomic E-state index is -3.07. The van der Waals surface area contributed by atoms with Crippen LogP contribution in [0.3, 0.4) is 0 Å². The summed E-state index contributed by atoms with van der Waals surface area (Å²) in [5, 5.41) is 0. The van der Waals surface area contributed by atoms with Gasteiger partial charge in [-0.15, -0.1) is 5.54 Å². The predicted molar refractivity (Wildman–Crippen MR) is 114 cm³/mol. The van der Waals surface area contributed by atoms with Crippen molar-refractivity contribution >= 4 is 8.07 Å². The molecule has 0 spiro atoms. The molecule has 0 radical (unpaired) electrons. The summed E-state index contributed by atoms with van der Waals surface area (Å²) < 4.78 is 34.5. The van der Waals surface area contributed by atoms with E-state index in [1.807, 2.05) is 30.3 Å². The lowest BCUT2D eigenvalue weighted by molar-refractivity contribution is -0.0282. The van der Waals surface area contributed by atoms with Gasteiger partial charge < -0.3 is 4.74 Å². The van der Waals surface area contributed by atoms with Crippen molar-refractivity contribution in [1.82, 2.24) is 0 Å². The molecule has 4 heteroatoms. The highest BCUT2D eigenvalue weighted by atomic mass is 28.3. The van der Waals surface area contributed by atoms with Crippen molar-refractivity contribution in [3.8, 4) is 11.5 Å². The Labute approximate surface area is 165 Å². The summed E-state index contributed by atoms with van der Waals surface area (Å²) in [6.45, 7) is 16.5. The van der Waals surface area contributed by atoms with Gasteiger partial charge in [-0.3, -0.25) is 0 Å². The van der Waals surface area contributed by atoms with Crippen molar-refractivity contribution < 1.29 is 13.5 Å². The Morgan fingerprint density at radius 1 is 1.04 bits per heavy atom. The van der Waals surface area contributed by atoms with Gasteiger partial charge >= 0.3 is 0 Å². The number of alkyl halides is 2. The molecule has 1 aromatic rings. The molecule has 1 unspecified atom stereocenters. The summed E-state index contributed by atoms with van der Waals surface area (Å²) in [7, 11) is -2.07. The van der Waals surface area contributed by atoms with Crippen LogP contribution in [-0.4, -0.2) is 20.6 Å². The molecule has 1 aromatic carbocycles. The Hall–Kier alpha value is -1.44. The third-order valence-electron chi connectivity index (χ3n) is 5.46. The lowest BCUT2D eigenvalue weighted by atomic mass is 10.0. The zero-order valence-electron chi connectivity index (χ0n) is 17.6. The van der Waals surface area contributed by atoms with Gasteiger partial charge in [-0.25, -0.2) is 8.78 Å². The Kier molecular flexibility index (Phi) is 8.91. The van der Waals surface area contributed by atoms with Crippen molar-refractivity contribution in [2.45, 2.75) is 70.7 Å². The van der Waals surface area contributed by atoms with Gasteiger partial charge in [-0.05, 0) is 28.3 Å². The minimum absolute atomic E-state index is 0.111. The second-order valence-corrected chi connectivity index (χ2v) is 13.7. The zero-order chi connectivity index (χ0) is 20.7. The molecule has 0 amide bonds. The van der Waals surface area contributed by atoms with Gasteiger partial charge in [0.2, 0.25) is 0 Å². The summed E-state index contributed by atoms with van der Waals surface area (Å²) in [5.41, 5.74) is 5.55. The van der Waals surface area contributed by atoms with E-state index in [0.29, 0.717) is 29.3 Å². The van der Waals surface area contributed by atoms with Crippen molar-refractivity contribution in [2.24, 2.45) is 5.92 Å². The van der Waals surface area contributed by atoms with E-state index >= 15 is 0 Å². The molecule has 1 nitrogen and oxygen atoms in total. The third kappa shape index (κ3) is 6.02. The quantitative estimate of drug-likeness (QED) is 0.253. The van der Waals surface area contributed by atoms with Crippen molar-refractivity contribution in [3.63, 3.8) is 0 Å². The second-order valence-electron chi connectivity index (χ2n) is 8.10. The zero-order valence-corrected chi connectivity index (χ0v) is 18.6. The van der Waals surface area contributed by atoms with E-state index in [2.05, 4.69) is 59.6 Å². The molecule has 1 rings (SSSR count). The van der Waals surface area contributed by atoms with E-state index in [0.717, 1.165) is 5.56 Å². The largest absolute Gasteiger partial charge is 0.375 e. The predicted octanol–water partition coefficient (Wildman–Crippen LogP) is 6.86. The lowest BCUT2D eigenvalue weighted by Gasteiger charge is -2.38. The fourth-order valence-corrected chi connectivity index (χ4v) is 9.20. The smallest absolute Gasteiger partial charge is 0.281 e. The van der Waals surface area contributed by atoms with E-state index in [9.17, 15) is 8.78 Å².